The van der Waals surface area contributed by atoms with E-state index in [9.17, 15) is 4.79 Å². The van der Waals surface area contributed by atoms with Crippen LogP contribution in [0, 0.1) is 11.3 Å². The summed E-state index contributed by atoms with van der Waals surface area (Å²) >= 11 is 1.27. The molecule has 21 heavy (non-hydrogen) atoms. The largest absolute Gasteiger partial charge is 0.396 e. The van der Waals surface area contributed by atoms with Crippen molar-refractivity contribution in [3.8, 4) is 6.07 Å². The summed E-state index contributed by atoms with van der Waals surface area (Å²) in [6, 6.07) is 2.06. The third-order valence-corrected chi connectivity index (χ3v) is 4.77. The number of amides is 1. The number of nitrogens with zero attached hydrogens (tertiary/aromatic N) is 2. The normalized spacial score (nSPS) is 17.5. The highest BCUT2D eigenvalue weighted by atomic mass is 32.1. The average Bonchev–Trinajstić information content (AvgIpc) is 3.11. The lowest BCUT2D eigenvalue weighted by atomic mass is 10.2. The van der Waals surface area contributed by atoms with Gasteiger partial charge in [0.2, 0.25) is 0 Å². The maximum Gasteiger partial charge on any atom is 0.256 e. The Morgan fingerprint density at radius 2 is 2.43 bits per heavy atom. The second-order valence-corrected chi connectivity index (χ2v) is 5.89. The van der Waals surface area contributed by atoms with Gasteiger partial charge in [-0.2, -0.15) is 5.26 Å². The van der Waals surface area contributed by atoms with Crippen molar-refractivity contribution in [1.82, 2.24) is 5.32 Å². The van der Waals surface area contributed by atoms with E-state index in [4.69, 9.17) is 15.7 Å². The van der Waals surface area contributed by atoms with Gasteiger partial charge in [-0.3, -0.25) is 4.79 Å². The van der Waals surface area contributed by atoms with Gasteiger partial charge in [-0.05, 0) is 19.8 Å². The van der Waals surface area contributed by atoms with Gasteiger partial charge in [0.15, 0.2) is 0 Å². The van der Waals surface area contributed by atoms with Gasteiger partial charge in [0, 0.05) is 26.7 Å². The van der Waals surface area contributed by atoms with Crippen molar-refractivity contribution in [2.24, 2.45) is 0 Å². The molecule has 114 valence electrons. The van der Waals surface area contributed by atoms with E-state index in [0.717, 1.165) is 31.0 Å². The molecule has 1 aromatic rings. The van der Waals surface area contributed by atoms with E-state index in [1.54, 1.807) is 7.05 Å². The first kappa shape index (κ1) is 15.6. The zero-order valence-electron chi connectivity index (χ0n) is 12.3. The van der Waals surface area contributed by atoms with Gasteiger partial charge in [-0.25, -0.2) is 0 Å². The van der Waals surface area contributed by atoms with Crippen molar-refractivity contribution in [2.75, 3.05) is 37.4 Å². The zero-order chi connectivity index (χ0) is 15.4. The molecular weight excluding hydrogens is 288 g/mol. The molecule has 2 heterocycles. The molecule has 2 rings (SSSR count). The second-order valence-electron chi connectivity index (χ2n) is 4.89. The maximum atomic E-state index is 12.1. The lowest BCUT2D eigenvalue weighted by Crippen LogP contribution is -2.33. The highest BCUT2D eigenvalue weighted by Crippen LogP contribution is 2.38. The van der Waals surface area contributed by atoms with E-state index in [1.807, 2.05) is 6.92 Å². The number of nitrogen functional groups attached to an aromatic ring is 1. The second kappa shape index (κ2) is 6.78. The Hall–Kier alpha value is -1.78. The molecule has 1 saturated heterocycles. The molecule has 0 saturated carbocycles. The van der Waals surface area contributed by atoms with Crippen molar-refractivity contribution in [1.29, 1.82) is 5.26 Å². The lowest BCUT2D eigenvalue weighted by molar-refractivity contribution is 0.0963. The standard InChI is InChI=1S/C14H20N4O2S/c1-3-18(8-9-5-4-6-20-9)14-11(13(19)17-2)12(16)10(7-15)21-14/h9H,3-6,8,16H2,1-2H3,(H,17,19). The minimum absolute atomic E-state index is 0.177. The number of nitrogens with two attached hydrogens (primary N) is 1. The number of likely N-dealkylation sites (N-methyl/N-ethyl adjacent to an activating group) is 1. The van der Waals surface area contributed by atoms with Crippen LogP contribution >= 0.6 is 11.3 Å². The fourth-order valence-electron chi connectivity index (χ4n) is 2.47. The van der Waals surface area contributed by atoms with E-state index in [-0.39, 0.29) is 17.7 Å². The van der Waals surface area contributed by atoms with Gasteiger partial charge in [0.05, 0.1) is 17.4 Å². The Labute approximate surface area is 128 Å². The number of hydrogen-bond donors (Lipinski definition) is 2. The molecule has 1 amide bonds. The molecule has 1 fully saturated rings. The van der Waals surface area contributed by atoms with Crippen LogP contribution in [-0.4, -0.2) is 38.8 Å². The molecule has 1 aliphatic rings. The van der Waals surface area contributed by atoms with Crippen molar-refractivity contribution in [3.05, 3.63) is 10.4 Å². The number of thiophene rings is 1. The Morgan fingerprint density at radius 3 is 2.95 bits per heavy atom. The van der Waals surface area contributed by atoms with Gasteiger partial charge >= 0.3 is 0 Å². The van der Waals surface area contributed by atoms with E-state index in [0.29, 0.717) is 17.0 Å². The van der Waals surface area contributed by atoms with Crippen LogP contribution in [0.2, 0.25) is 0 Å². The summed E-state index contributed by atoms with van der Waals surface area (Å²) in [4.78, 5) is 14.5. The molecule has 3 N–H and O–H groups in total. The van der Waals surface area contributed by atoms with Crippen LogP contribution in [0.4, 0.5) is 10.7 Å². The molecule has 0 aromatic carbocycles. The highest BCUT2D eigenvalue weighted by molar-refractivity contribution is 7.17. The molecule has 0 spiro atoms. The van der Waals surface area contributed by atoms with Crippen LogP contribution in [-0.2, 0) is 4.74 Å². The zero-order valence-corrected chi connectivity index (χ0v) is 13.1. The summed E-state index contributed by atoms with van der Waals surface area (Å²) in [5.74, 6) is -0.258. The minimum Gasteiger partial charge on any atom is -0.396 e. The molecule has 0 aliphatic carbocycles. The Kier molecular flexibility index (Phi) is 5.04. The fraction of sp³-hybridized carbons (Fsp3) is 0.571. The van der Waals surface area contributed by atoms with Crippen LogP contribution in [0.25, 0.3) is 0 Å². The maximum absolute atomic E-state index is 12.1. The number of nitriles is 1. The van der Waals surface area contributed by atoms with Crippen molar-refractivity contribution < 1.29 is 9.53 Å². The third-order valence-electron chi connectivity index (χ3n) is 3.60. The lowest BCUT2D eigenvalue weighted by Gasteiger charge is -2.25. The number of anilines is 2. The number of hydrogen-bond acceptors (Lipinski definition) is 6. The van der Waals surface area contributed by atoms with Crippen molar-refractivity contribution in [3.63, 3.8) is 0 Å². The van der Waals surface area contributed by atoms with Gasteiger partial charge in [0.25, 0.3) is 5.91 Å². The van der Waals surface area contributed by atoms with E-state index >= 15 is 0 Å². The van der Waals surface area contributed by atoms with Gasteiger partial charge < -0.3 is 20.7 Å². The predicted octanol–water partition coefficient (Wildman–Crippen LogP) is 1.57. The van der Waals surface area contributed by atoms with E-state index in [1.165, 1.54) is 11.3 Å². The van der Waals surface area contributed by atoms with E-state index in [2.05, 4.69) is 16.3 Å². The quantitative estimate of drug-likeness (QED) is 0.861. The first-order chi connectivity index (χ1) is 10.1. The first-order valence-corrected chi connectivity index (χ1v) is 7.85. The van der Waals surface area contributed by atoms with Crippen molar-refractivity contribution in [2.45, 2.75) is 25.9 Å². The monoisotopic (exact) mass is 308 g/mol. The summed E-state index contributed by atoms with van der Waals surface area (Å²) < 4.78 is 5.66. The molecule has 1 aliphatic heterocycles. The molecule has 6 nitrogen and oxygen atoms in total. The Morgan fingerprint density at radius 1 is 1.67 bits per heavy atom. The van der Waals surface area contributed by atoms with Crippen LogP contribution in [0.3, 0.4) is 0 Å². The van der Waals surface area contributed by atoms with Gasteiger partial charge in [-0.1, -0.05) is 0 Å². The smallest absolute Gasteiger partial charge is 0.256 e. The average molecular weight is 308 g/mol. The fourth-order valence-corrected chi connectivity index (χ4v) is 3.56. The molecule has 0 bridgehead atoms. The van der Waals surface area contributed by atoms with Gasteiger partial charge in [0.1, 0.15) is 15.9 Å². The molecule has 1 unspecified atom stereocenters. The first-order valence-electron chi connectivity index (χ1n) is 7.03. The molecule has 7 heteroatoms. The number of nitrogens with one attached hydrogen (secondary N) is 1. The SMILES string of the molecule is CCN(CC1CCCO1)c1sc(C#N)c(N)c1C(=O)NC. The van der Waals surface area contributed by atoms with Crippen molar-refractivity contribution >= 4 is 27.9 Å². The number of carbonyl (C=O) groups is 1. The summed E-state index contributed by atoms with van der Waals surface area (Å²) in [6.45, 7) is 4.26. The van der Waals surface area contributed by atoms with Gasteiger partial charge in [-0.15, -0.1) is 11.3 Å². The number of ether oxygens (including phenoxy) is 1. The molecule has 1 atom stereocenters. The molecular formula is C14H20N4O2S. The summed E-state index contributed by atoms with van der Waals surface area (Å²) in [5, 5.41) is 12.5. The minimum atomic E-state index is -0.258. The Balaban J connectivity index is 2.35. The summed E-state index contributed by atoms with van der Waals surface area (Å²) in [5.41, 5.74) is 6.63. The summed E-state index contributed by atoms with van der Waals surface area (Å²) in [7, 11) is 1.56. The van der Waals surface area contributed by atoms with Crippen LogP contribution < -0.4 is 16.0 Å². The number of rotatable bonds is 5. The predicted molar refractivity (Wildman–Crippen MR) is 83.7 cm³/mol. The topological polar surface area (TPSA) is 91.4 Å². The van der Waals surface area contributed by atoms with Crippen LogP contribution in [0.15, 0.2) is 0 Å². The molecule has 0 radical (unpaired) electrons. The van der Waals surface area contributed by atoms with Crippen LogP contribution in [0.1, 0.15) is 35.0 Å². The van der Waals surface area contributed by atoms with Crippen LogP contribution in [0.5, 0.6) is 0 Å². The number of carbonyl (C=O) groups excluding carboxylic acids is 1. The Bertz CT molecular complexity index is 558. The summed E-state index contributed by atoms with van der Waals surface area (Å²) in [6.07, 6.45) is 2.27. The third kappa shape index (κ3) is 3.12. The highest BCUT2D eigenvalue weighted by Gasteiger charge is 2.27. The molecule has 1 aromatic heterocycles. The van der Waals surface area contributed by atoms with E-state index < -0.39 is 0 Å².